The summed E-state index contributed by atoms with van der Waals surface area (Å²) in [6.07, 6.45) is -10.9. The molecular formula is C74H89F6N15O15. The maximum absolute atomic E-state index is 16.2. The molecule has 4 aromatic carbocycles. The molecule has 4 aliphatic rings. The second-order valence-electron chi connectivity index (χ2n) is 27.8. The number of fused-ring (bicyclic) bond motifs is 32. The molecule has 0 spiro atoms. The third-order valence-electron chi connectivity index (χ3n) is 19.5. The molecule has 36 heteroatoms. The number of ether oxygens (including phenoxy) is 2. The van der Waals surface area contributed by atoms with Gasteiger partial charge in [0.2, 0.25) is 70.9 Å². The summed E-state index contributed by atoms with van der Waals surface area (Å²) >= 11 is 0. The molecule has 0 saturated carbocycles. The zero-order valence-corrected chi connectivity index (χ0v) is 60.6. The molecule has 4 aliphatic heterocycles. The topological polar surface area (TPSA) is 442 Å². The molecular weight excluding hydrogens is 1450 g/mol. The Morgan fingerprint density at radius 1 is 0.718 bits per heavy atom. The number of unbranched alkanes of at least 4 members (excludes halogenated alkanes) is 1. The SMILES string of the molecule is COc1ccc(C[C@@H]2NC(=O)[C@H]([C@@H](C)O)NC(=O)[C@@H]3C[C@H](F)CN3C(=O)[C@H](Cc3c[nH]c4ccc(F)cc34)NC(=O)[C@H](Cc3c[nH]c4ccc(F)cc34)NC(=O)[C@@H](C)NC(=O)C(CCCCN)NC(=O)[C@@H](NC(=O)CC(F)(F)F)CC(=O)NCCOc3ccc(cc3)C[C@@H](C(N)=O)NC(=O)[C@]3(C)CCCN3C2=O)cc1. The van der Waals surface area contributed by atoms with Crippen molar-refractivity contribution in [1.29, 1.82) is 0 Å². The Morgan fingerprint density at radius 2 is 1.32 bits per heavy atom. The van der Waals surface area contributed by atoms with Crippen LogP contribution in [0.3, 0.4) is 0 Å². The number of halogens is 6. The molecule has 592 valence electrons. The lowest BCUT2D eigenvalue weighted by Gasteiger charge is -2.37. The Balaban J connectivity index is 1.08. The molecule has 30 nitrogen and oxygen atoms in total. The van der Waals surface area contributed by atoms with Crippen molar-refractivity contribution >= 4 is 92.7 Å². The molecule has 0 radical (unpaired) electrons. The first-order valence-electron chi connectivity index (χ1n) is 35.8. The number of hydrogen-bond donors (Lipinski definition) is 14. The molecule has 2 fully saturated rings. The molecule has 10 rings (SSSR count). The van der Waals surface area contributed by atoms with Gasteiger partial charge in [-0.2, -0.15) is 13.2 Å². The Hall–Kier alpha value is -11.3. The van der Waals surface area contributed by atoms with E-state index in [9.17, 15) is 65.8 Å². The summed E-state index contributed by atoms with van der Waals surface area (Å²) in [6, 6.07) is 3.98. The number of carbonyl (C=O) groups excluding carboxylic acids is 12. The highest BCUT2D eigenvalue weighted by atomic mass is 19.4. The fraction of sp³-hybridized carbons (Fsp3) is 0.459. The molecule has 6 aromatic rings. The highest BCUT2D eigenvalue weighted by Crippen LogP contribution is 2.32. The van der Waals surface area contributed by atoms with Gasteiger partial charge in [-0.05, 0) is 142 Å². The monoisotopic (exact) mass is 1540 g/mol. The van der Waals surface area contributed by atoms with Crippen LogP contribution in [0, 0.1) is 11.6 Å². The Morgan fingerprint density at radius 3 is 1.93 bits per heavy atom. The number of amides is 12. The number of benzene rings is 4. The van der Waals surface area contributed by atoms with E-state index >= 15 is 23.2 Å². The van der Waals surface area contributed by atoms with Crippen LogP contribution >= 0.6 is 0 Å². The van der Waals surface area contributed by atoms with Gasteiger partial charge in [0.25, 0.3) is 0 Å². The number of H-pyrrole nitrogens is 2. The predicted molar refractivity (Wildman–Crippen MR) is 384 cm³/mol. The van der Waals surface area contributed by atoms with Crippen LogP contribution in [0.4, 0.5) is 26.3 Å². The molecule has 6 heterocycles. The van der Waals surface area contributed by atoms with Crippen LogP contribution < -0.4 is 68.8 Å². The first kappa shape index (κ1) is 82.8. The van der Waals surface area contributed by atoms with Gasteiger partial charge in [-0.1, -0.05) is 24.3 Å². The number of nitrogens with zero attached hydrogens (tertiary/aromatic N) is 2. The van der Waals surface area contributed by atoms with Crippen LogP contribution in [0.1, 0.15) is 94.4 Å². The van der Waals surface area contributed by atoms with Crippen LogP contribution in [0.15, 0.2) is 97.3 Å². The predicted octanol–water partition coefficient (Wildman–Crippen LogP) is 1.27. The molecule has 16 N–H and O–H groups in total. The zero-order valence-electron chi connectivity index (χ0n) is 60.6. The van der Waals surface area contributed by atoms with E-state index in [2.05, 4.69) is 52.5 Å². The normalized spacial score (nSPS) is 24.9. The third kappa shape index (κ3) is 21.6. The van der Waals surface area contributed by atoms with Crippen LogP contribution in [0.2, 0.25) is 0 Å². The molecule has 2 saturated heterocycles. The van der Waals surface area contributed by atoms with Crippen molar-refractivity contribution < 1.29 is 98.5 Å². The summed E-state index contributed by atoms with van der Waals surface area (Å²) in [4.78, 5) is 181. The van der Waals surface area contributed by atoms with Gasteiger partial charge in [-0.25, -0.2) is 13.2 Å². The highest BCUT2D eigenvalue weighted by molar-refractivity contribution is 6.01. The number of carbonyl (C=O) groups is 12. The van der Waals surface area contributed by atoms with Gasteiger partial charge in [0.15, 0.2) is 0 Å². The fourth-order valence-corrected chi connectivity index (χ4v) is 13.5. The van der Waals surface area contributed by atoms with Crippen molar-refractivity contribution in [3.8, 4) is 11.5 Å². The molecule has 2 bridgehead atoms. The second kappa shape index (κ2) is 36.7. The van der Waals surface area contributed by atoms with Crippen LogP contribution in [-0.2, 0) is 83.2 Å². The van der Waals surface area contributed by atoms with Gasteiger partial charge in [-0.15, -0.1) is 0 Å². The van der Waals surface area contributed by atoms with Gasteiger partial charge in [0, 0.05) is 72.8 Å². The van der Waals surface area contributed by atoms with Crippen LogP contribution in [-0.4, -0.2) is 214 Å². The number of rotatable bonds is 15. The van der Waals surface area contributed by atoms with E-state index in [0.717, 1.165) is 43.0 Å². The molecule has 12 amide bonds. The quantitative estimate of drug-likeness (QED) is 0.0391. The summed E-state index contributed by atoms with van der Waals surface area (Å²) in [6.45, 7) is 2.43. The smallest absolute Gasteiger partial charge is 0.397 e. The lowest BCUT2D eigenvalue weighted by atomic mass is 9.94. The minimum absolute atomic E-state index is 0.0452. The van der Waals surface area contributed by atoms with E-state index in [1.165, 1.54) is 67.7 Å². The highest BCUT2D eigenvalue weighted by Gasteiger charge is 2.50. The number of aromatic amines is 2. The van der Waals surface area contributed by atoms with Gasteiger partial charge in [0.1, 0.15) is 102 Å². The van der Waals surface area contributed by atoms with Gasteiger partial charge >= 0.3 is 6.18 Å². The molecule has 110 heavy (non-hydrogen) atoms. The number of methoxy groups -OCH3 is 1. The number of primary amides is 1. The number of nitrogens with one attached hydrogen (secondary N) is 11. The first-order chi connectivity index (χ1) is 52.2. The van der Waals surface area contributed by atoms with Crippen molar-refractivity contribution in [2.75, 3.05) is 39.9 Å². The number of aliphatic hydroxyl groups is 1. The number of aromatic nitrogens is 2. The molecule has 12 atom stereocenters. The summed E-state index contributed by atoms with van der Waals surface area (Å²) in [5.41, 5.74) is 11.9. The number of nitrogens with two attached hydrogens (primary N) is 2. The Labute approximate surface area is 626 Å². The minimum atomic E-state index is -5.08. The van der Waals surface area contributed by atoms with Gasteiger partial charge in [0.05, 0.1) is 32.7 Å². The summed E-state index contributed by atoms with van der Waals surface area (Å²) in [5.74, 6) is -14.3. The minimum Gasteiger partial charge on any atom is -0.497 e. The Bertz CT molecular complexity index is 4370. The third-order valence-corrected chi connectivity index (χ3v) is 19.5. The van der Waals surface area contributed by atoms with E-state index in [-0.39, 0.29) is 98.8 Å². The molecule has 0 aliphatic carbocycles. The Kier molecular flexibility index (Phi) is 27.6. The van der Waals surface area contributed by atoms with Crippen molar-refractivity contribution in [2.24, 2.45) is 11.5 Å². The van der Waals surface area contributed by atoms with E-state index in [0.29, 0.717) is 27.9 Å². The van der Waals surface area contributed by atoms with E-state index in [1.807, 2.05) is 5.32 Å². The van der Waals surface area contributed by atoms with Crippen molar-refractivity contribution in [2.45, 2.75) is 176 Å². The molecule has 2 aromatic heterocycles. The number of aliphatic hydroxyl groups excluding tert-OH is 1. The molecule has 1 unspecified atom stereocenters. The van der Waals surface area contributed by atoms with E-state index < -0.39 is 200 Å². The van der Waals surface area contributed by atoms with Crippen molar-refractivity contribution in [3.05, 3.63) is 131 Å². The van der Waals surface area contributed by atoms with Gasteiger partial charge < -0.3 is 93.7 Å². The summed E-state index contributed by atoms with van der Waals surface area (Å²) in [7, 11) is 1.43. The number of hydrogen-bond acceptors (Lipinski definition) is 16. The maximum Gasteiger partial charge on any atom is 0.397 e. The van der Waals surface area contributed by atoms with Crippen molar-refractivity contribution in [3.63, 3.8) is 0 Å². The van der Waals surface area contributed by atoms with E-state index in [4.69, 9.17) is 20.9 Å². The average molecular weight is 1540 g/mol. The van der Waals surface area contributed by atoms with Gasteiger partial charge in [-0.3, -0.25) is 57.5 Å². The number of alkyl halides is 4. The fourth-order valence-electron chi connectivity index (χ4n) is 13.5. The van der Waals surface area contributed by atoms with Crippen molar-refractivity contribution in [1.82, 2.24) is 67.6 Å². The standard InChI is InChI=1S/C74H89F6N15O15/c1-38-64(100)89-55(28-42-35-84-51-19-13-44(75)30-49(42)51)66(102)90-58(29-43-36-85-52-20-14-45(76)31-50(43)52)70(106)94-37-46(77)32-59(94)68(104)93-62(39(2)96)69(105)91-57(27-41-9-15-47(109-4)16-10-41)71(107)95-24-7-21-73(95,3)72(108)92-54(63(82)99)26-40-11-17-48(18-12-40)110-25-23-83-60(97)33-56(87-61(98)34-74(78,79)80)67(103)88-53(65(101)86-38)8-5-6-22-81/h9-20,30-31,35-36,38-39,46,53-59,62,84-85,96H,5-8,21-29,32-34,37,81H2,1-4H3,(H2,82,99)(H,83,97)(H,86,101)(H,87,98)(H,88,103)(H,89,100)(H,90,102)(H,91,105)(H,92,108)(H,93,104)/t38-,39-,46+,53?,54+,55+,56+,57+,58+,59+,62+,73+/m1/s1. The lowest BCUT2D eigenvalue weighted by Crippen LogP contribution is -2.64. The second-order valence-corrected chi connectivity index (χ2v) is 27.8. The van der Waals surface area contributed by atoms with Crippen LogP contribution in [0.25, 0.3) is 21.8 Å². The summed E-state index contributed by atoms with van der Waals surface area (Å²) < 4.78 is 98.0. The average Bonchev–Trinajstić information content (AvgIpc) is 1.58. The summed E-state index contributed by atoms with van der Waals surface area (Å²) in [5, 5.41) is 33.8. The van der Waals surface area contributed by atoms with Crippen LogP contribution in [0.5, 0.6) is 11.5 Å². The largest absolute Gasteiger partial charge is 0.497 e. The maximum atomic E-state index is 16.2. The van der Waals surface area contributed by atoms with E-state index in [1.54, 1.807) is 24.3 Å². The lowest BCUT2D eigenvalue weighted by molar-refractivity contribution is -0.155. The zero-order chi connectivity index (χ0) is 79.9. The first-order valence-corrected chi connectivity index (χ1v) is 35.8.